The Morgan fingerprint density at radius 2 is 2.06 bits per heavy atom. The summed E-state index contributed by atoms with van der Waals surface area (Å²) in [6, 6.07) is 8.44. The minimum atomic E-state index is -0.0368. The van der Waals surface area contributed by atoms with Crippen LogP contribution in [0.2, 0.25) is 0 Å². The summed E-state index contributed by atoms with van der Waals surface area (Å²) < 4.78 is 11.3. The van der Waals surface area contributed by atoms with E-state index in [2.05, 4.69) is 31.2 Å². The lowest BCUT2D eigenvalue weighted by atomic mass is 10.1. The van der Waals surface area contributed by atoms with Crippen molar-refractivity contribution in [2.45, 2.75) is 51.7 Å². The standard InChI is InChI=1S/C15H22O2/c1-2-3-6-13-8-10-14(11-9-13)17-15-7-4-5-12-16-15/h8-11,15H,2-7,12H2,1H3. The molecule has 2 nitrogen and oxygen atoms in total. The molecule has 1 unspecified atom stereocenters. The Morgan fingerprint density at radius 3 is 2.71 bits per heavy atom. The van der Waals surface area contributed by atoms with Crippen molar-refractivity contribution in [1.29, 1.82) is 0 Å². The highest BCUT2D eigenvalue weighted by Gasteiger charge is 2.14. The van der Waals surface area contributed by atoms with Gasteiger partial charge in [-0.15, -0.1) is 0 Å². The number of benzene rings is 1. The van der Waals surface area contributed by atoms with Crippen LogP contribution >= 0.6 is 0 Å². The van der Waals surface area contributed by atoms with Crippen LogP contribution in [0.4, 0.5) is 0 Å². The monoisotopic (exact) mass is 234 g/mol. The number of rotatable bonds is 5. The summed E-state index contributed by atoms with van der Waals surface area (Å²) in [4.78, 5) is 0. The van der Waals surface area contributed by atoms with Gasteiger partial charge in [0.15, 0.2) is 6.29 Å². The molecule has 1 fully saturated rings. The molecule has 0 aromatic heterocycles. The highest BCUT2D eigenvalue weighted by molar-refractivity contribution is 5.27. The second kappa shape index (κ2) is 6.65. The Bertz CT molecular complexity index is 312. The van der Waals surface area contributed by atoms with Crippen LogP contribution in [0.1, 0.15) is 44.6 Å². The third-order valence-electron chi connectivity index (χ3n) is 3.15. The Balaban J connectivity index is 1.84. The zero-order chi connectivity index (χ0) is 11.9. The lowest BCUT2D eigenvalue weighted by Gasteiger charge is -2.23. The molecule has 94 valence electrons. The lowest BCUT2D eigenvalue weighted by Crippen LogP contribution is -2.24. The van der Waals surface area contributed by atoms with E-state index < -0.39 is 0 Å². The van der Waals surface area contributed by atoms with Crippen LogP contribution in [-0.2, 0) is 11.2 Å². The Morgan fingerprint density at radius 1 is 1.24 bits per heavy atom. The summed E-state index contributed by atoms with van der Waals surface area (Å²) >= 11 is 0. The van der Waals surface area contributed by atoms with E-state index in [1.54, 1.807) is 0 Å². The van der Waals surface area contributed by atoms with Crippen molar-refractivity contribution in [3.63, 3.8) is 0 Å². The molecule has 0 bridgehead atoms. The maximum atomic E-state index is 5.79. The van der Waals surface area contributed by atoms with Crippen LogP contribution in [0.25, 0.3) is 0 Å². The summed E-state index contributed by atoms with van der Waals surface area (Å²) in [6.45, 7) is 3.05. The summed E-state index contributed by atoms with van der Waals surface area (Å²) in [5.41, 5.74) is 1.39. The van der Waals surface area contributed by atoms with Gasteiger partial charge in [0, 0.05) is 6.42 Å². The van der Waals surface area contributed by atoms with Gasteiger partial charge in [0.2, 0.25) is 0 Å². The Labute approximate surface area is 104 Å². The van der Waals surface area contributed by atoms with Gasteiger partial charge in [0.25, 0.3) is 0 Å². The Kier molecular flexibility index (Phi) is 4.87. The SMILES string of the molecule is CCCCc1ccc(OC2CCCCO2)cc1. The molecule has 1 heterocycles. The molecule has 2 rings (SSSR count). The average molecular weight is 234 g/mol. The molecular weight excluding hydrogens is 212 g/mol. The fraction of sp³-hybridized carbons (Fsp3) is 0.600. The van der Waals surface area contributed by atoms with Gasteiger partial charge < -0.3 is 9.47 Å². The van der Waals surface area contributed by atoms with Gasteiger partial charge in [-0.25, -0.2) is 0 Å². The van der Waals surface area contributed by atoms with Crippen molar-refractivity contribution in [3.8, 4) is 5.75 Å². The molecule has 0 amide bonds. The molecule has 1 aliphatic heterocycles. The summed E-state index contributed by atoms with van der Waals surface area (Å²) in [7, 11) is 0. The zero-order valence-corrected chi connectivity index (χ0v) is 10.7. The second-order valence-electron chi connectivity index (χ2n) is 4.66. The van der Waals surface area contributed by atoms with Gasteiger partial charge in [-0.3, -0.25) is 0 Å². The van der Waals surface area contributed by atoms with E-state index in [1.165, 1.54) is 24.8 Å². The van der Waals surface area contributed by atoms with Crippen LogP contribution in [0.5, 0.6) is 5.75 Å². The first kappa shape index (κ1) is 12.4. The molecule has 2 heteroatoms. The van der Waals surface area contributed by atoms with E-state index in [9.17, 15) is 0 Å². The van der Waals surface area contributed by atoms with Crippen LogP contribution in [0, 0.1) is 0 Å². The zero-order valence-electron chi connectivity index (χ0n) is 10.7. The van der Waals surface area contributed by atoms with Crippen LogP contribution in [-0.4, -0.2) is 12.9 Å². The minimum absolute atomic E-state index is 0.0368. The maximum absolute atomic E-state index is 5.79. The lowest BCUT2D eigenvalue weighted by molar-refractivity contribution is -0.105. The van der Waals surface area contributed by atoms with Gasteiger partial charge in [-0.1, -0.05) is 25.5 Å². The van der Waals surface area contributed by atoms with Gasteiger partial charge in [-0.05, 0) is 43.4 Å². The Hall–Kier alpha value is -1.02. The predicted octanol–water partition coefficient (Wildman–Crippen LogP) is 3.93. The highest BCUT2D eigenvalue weighted by atomic mass is 16.7. The molecule has 1 aromatic carbocycles. The number of aryl methyl sites for hydroxylation is 1. The number of hydrogen-bond donors (Lipinski definition) is 0. The van der Waals surface area contributed by atoms with Crippen LogP contribution < -0.4 is 4.74 Å². The summed E-state index contributed by atoms with van der Waals surface area (Å²) in [6.07, 6.45) is 7.01. The van der Waals surface area contributed by atoms with Crippen molar-refractivity contribution >= 4 is 0 Å². The van der Waals surface area contributed by atoms with E-state index in [0.29, 0.717) is 0 Å². The van der Waals surface area contributed by atoms with Gasteiger partial charge in [0.05, 0.1) is 6.61 Å². The van der Waals surface area contributed by atoms with E-state index in [0.717, 1.165) is 31.6 Å². The summed E-state index contributed by atoms with van der Waals surface area (Å²) in [5, 5.41) is 0. The quantitative estimate of drug-likeness (QED) is 0.768. The van der Waals surface area contributed by atoms with E-state index in [1.807, 2.05) is 0 Å². The topological polar surface area (TPSA) is 18.5 Å². The molecule has 17 heavy (non-hydrogen) atoms. The molecule has 0 radical (unpaired) electrons. The molecular formula is C15H22O2. The number of ether oxygens (including phenoxy) is 2. The largest absolute Gasteiger partial charge is 0.465 e. The third-order valence-corrected chi connectivity index (χ3v) is 3.15. The fourth-order valence-electron chi connectivity index (χ4n) is 2.07. The normalized spacial score (nSPS) is 20.2. The highest BCUT2D eigenvalue weighted by Crippen LogP contribution is 2.20. The first-order chi connectivity index (χ1) is 8.38. The molecule has 1 saturated heterocycles. The maximum Gasteiger partial charge on any atom is 0.199 e. The minimum Gasteiger partial charge on any atom is -0.465 e. The molecule has 0 aliphatic carbocycles. The van der Waals surface area contributed by atoms with E-state index in [4.69, 9.17) is 9.47 Å². The number of hydrogen-bond acceptors (Lipinski definition) is 2. The van der Waals surface area contributed by atoms with E-state index in [-0.39, 0.29) is 6.29 Å². The van der Waals surface area contributed by atoms with Gasteiger partial charge in [0.1, 0.15) is 5.75 Å². The smallest absolute Gasteiger partial charge is 0.199 e. The molecule has 1 atom stereocenters. The van der Waals surface area contributed by atoms with Crippen LogP contribution in [0.3, 0.4) is 0 Å². The molecule has 0 saturated carbocycles. The van der Waals surface area contributed by atoms with Crippen molar-refractivity contribution in [3.05, 3.63) is 29.8 Å². The van der Waals surface area contributed by atoms with E-state index >= 15 is 0 Å². The third kappa shape index (κ3) is 4.04. The van der Waals surface area contributed by atoms with Crippen molar-refractivity contribution < 1.29 is 9.47 Å². The van der Waals surface area contributed by atoms with Crippen LogP contribution in [0.15, 0.2) is 24.3 Å². The molecule has 1 aliphatic rings. The fourth-order valence-corrected chi connectivity index (χ4v) is 2.07. The van der Waals surface area contributed by atoms with Crippen molar-refractivity contribution in [1.82, 2.24) is 0 Å². The van der Waals surface area contributed by atoms with Gasteiger partial charge in [-0.2, -0.15) is 0 Å². The predicted molar refractivity (Wildman–Crippen MR) is 69.3 cm³/mol. The molecule has 1 aromatic rings. The summed E-state index contributed by atoms with van der Waals surface area (Å²) in [5.74, 6) is 0.928. The average Bonchev–Trinajstić information content (AvgIpc) is 2.39. The second-order valence-corrected chi connectivity index (χ2v) is 4.66. The number of unbranched alkanes of at least 4 members (excludes halogenated alkanes) is 1. The first-order valence-electron chi connectivity index (χ1n) is 6.75. The van der Waals surface area contributed by atoms with Crippen molar-refractivity contribution in [2.24, 2.45) is 0 Å². The molecule has 0 spiro atoms. The molecule has 0 N–H and O–H groups in total. The van der Waals surface area contributed by atoms with Gasteiger partial charge >= 0.3 is 0 Å². The first-order valence-corrected chi connectivity index (χ1v) is 6.75. The van der Waals surface area contributed by atoms with Crippen molar-refractivity contribution in [2.75, 3.05) is 6.61 Å².